The summed E-state index contributed by atoms with van der Waals surface area (Å²) in [5.74, 6) is 0.165. The van der Waals surface area contributed by atoms with Gasteiger partial charge in [0.2, 0.25) is 0 Å². The Balaban J connectivity index is 2.45. The molecule has 0 saturated carbocycles. The Labute approximate surface area is 96.2 Å². The highest BCUT2D eigenvalue weighted by Gasteiger charge is 2.06. The Morgan fingerprint density at radius 2 is 2.12 bits per heavy atom. The van der Waals surface area contributed by atoms with Crippen LogP contribution in [0.5, 0.6) is 0 Å². The van der Waals surface area contributed by atoms with Crippen molar-refractivity contribution >= 4 is 15.5 Å². The van der Waals surface area contributed by atoms with Crippen LogP contribution in [0.25, 0.3) is 0 Å². The van der Waals surface area contributed by atoms with Crippen LogP contribution in [0.3, 0.4) is 0 Å². The van der Waals surface area contributed by atoms with E-state index in [4.69, 9.17) is 5.73 Å². The average Bonchev–Trinajstić information content (AvgIpc) is 2.18. The fourth-order valence-corrected chi connectivity index (χ4v) is 1.85. The van der Waals surface area contributed by atoms with E-state index in [1.54, 1.807) is 12.3 Å². The second-order valence-electron chi connectivity index (χ2n) is 3.95. The third-order valence-corrected chi connectivity index (χ3v) is 3.05. The molecule has 0 bridgehead atoms. The summed E-state index contributed by atoms with van der Waals surface area (Å²) in [6, 6.07) is 3.62. The molecule has 90 valence electrons. The second-order valence-corrected chi connectivity index (χ2v) is 6.21. The van der Waals surface area contributed by atoms with Gasteiger partial charge in [0.15, 0.2) is 0 Å². The molecule has 0 unspecified atom stereocenters. The summed E-state index contributed by atoms with van der Waals surface area (Å²) in [4.78, 5) is 6.06. The molecule has 0 fully saturated rings. The molecular weight excluding hydrogens is 226 g/mol. The number of nitrogen functional groups attached to an aromatic ring is 1. The molecule has 0 aliphatic rings. The Hall–Kier alpha value is -1.14. The Kier molecular flexibility index (Phi) is 4.26. The normalized spacial score (nSPS) is 11.9. The predicted molar refractivity (Wildman–Crippen MR) is 64.7 cm³/mol. The van der Waals surface area contributed by atoms with E-state index in [2.05, 4.69) is 4.98 Å². The van der Waals surface area contributed by atoms with E-state index < -0.39 is 9.84 Å². The molecule has 2 N–H and O–H groups in total. The number of pyridine rings is 1. The number of anilines is 1. The molecule has 1 heterocycles. The van der Waals surface area contributed by atoms with Gasteiger partial charge in [0.05, 0.1) is 23.3 Å². The van der Waals surface area contributed by atoms with Crippen LogP contribution >= 0.6 is 0 Å². The largest absolute Gasteiger partial charge is 0.397 e. The number of sulfone groups is 1. The maximum atomic E-state index is 11.0. The SMILES string of the molecule is CN(CCS(C)(=O)=O)Cc1ccc(N)cn1. The Morgan fingerprint density at radius 1 is 1.44 bits per heavy atom. The van der Waals surface area contributed by atoms with Crippen molar-refractivity contribution in [1.82, 2.24) is 9.88 Å². The summed E-state index contributed by atoms with van der Waals surface area (Å²) >= 11 is 0. The molecule has 0 aromatic carbocycles. The van der Waals surface area contributed by atoms with Gasteiger partial charge in [-0.1, -0.05) is 0 Å². The van der Waals surface area contributed by atoms with Crippen LogP contribution in [0.2, 0.25) is 0 Å². The molecule has 0 saturated heterocycles. The van der Waals surface area contributed by atoms with E-state index in [0.717, 1.165) is 5.69 Å². The van der Waals surface area contributed by atoms with Crippen LogP contribution in [0.15, 0.2) is 18.3 Å². The van der Waals surface area contributed by atoms with Gasteiger partial charge in [-0.2, -0.15) is 0 Å². The number of aromatic nitrogens is 1. The van der Waals surface area contributed by atoms with E-state index in [9.17, 15) is 8.42 Å². The van der Waals surface area contributed by atoms with Crippen molar-refractivity contribution in [3.05, 3.63) is 24.0 Å². The first-order valence-electron chi connectivity index (χ1n) is 4.93. The second kappa shape index (κ2) is 5.27. The van der Waals surface area contributed by atoms with Crippen LogP contribution in [0.4, 0.5) is 5.69 Å². The summed E-state index contributed by atoms with van der Waals surface area (Å²) in [6.45, 7) is 1.13. The summed E-state index contributed by atoms with van der Waals surface area (Å²) < 4.78 is 21.9. The fraction of sp³-hybridized carbons (Fsp3) is 0.500. The smallest absolute Gasteiger partial charge is 0.148 e. The molecule has 1 rings (SSSR count). The van der Waals surface area contributed by atoms with Crippen molar-refractivity contribution in [3.8, 4) is 0 Å². The average molecular weight is 243 g/mol. The monoisotopic (exact) mass is 243 g/mol. The number of hydrogen-bond donors (Lipinski definition) is 1. The minimum Gasteiger partial charge on any atom is -0.397 e. The van der Waals surface area contributed by atoms with Crippen LogP contribution < -0.4 is 5.73 Å². The number of rotatable bonds is 5. The lowest BCUT2D eigenvalue weighted by atomic mass is 10.3. The highest BCUT2D eigenvalue weighted by molar-refractivity contribution is 7.90. The van der Waals surface area contributed by atoms with Gasteiger partial charge in [-0.15, -0.1) is 0 Å². The number of nitrogens with two attached hydrogens (primary N) is 1. The lowest BCUT2D eigenvalue weighted by molar-refractivity contribution is 0.342. The number of hydrogen-bond acceptors (Lipinski definition) is 5. The zero-order chi connectivity index (χ0) is 12.2. The van der Waals surface area contributed by atoms with Gasteiger partial charge in [-0.05, 0) is 19.2 Å². The van der Waals surface area contributed by atoms with E-state index in [1.165, 1.54) is 6.26 Å². The van der Waals surface area contributed by atoms with E-state index in [0.29, 0.717) is 18.8 Å². The third-order valence-electron chi connectivity index (χ3n) is 2.12. The molecule has 0 aliphatic heterocycles. The molecule has 1 aromatic heterocycles. The highest BCUT2D eigenvalue weighted by atomic mass is 32.2. The van der Waals surface area contributed by atoms with Crippen molar-refractivity contribution in [2.24, 2.45) is 0 Å². The zero-order valence-electron chi connectivity index (χ0n) is 9.55. The first kappa shape index (κ1) is 12.9. The van der Waals surface area contributed by atoms with Gasteiger partial charge in [0, 0.05) is 19.3 Å². The minimum atomic E-state index is -2.90. The molecule has 5 nitrogen and oxygen atoms in total. The fourth-order valence-electron chi connectivity index (χ4n) is 1.21. The molecule has 0 radical (unpaired) electrons. The topological polar surface area (TPSA) is 76.3 Å². The van der Waals surface area contributed by atoms with Crippen molar-refractivity contribution in [2.75, 3.05) is 31.3 Å². The molecule has 0 aliphatic carbocycles. The highest BCUT2D eigenvalue weighted by Crippen LogP contribution is 2.03. The van der Waals surface area contributed by atoms with Crippen LogP contribution in [0, 0.1) is 0 Å². The van der Waals surface area contributed by atoms with E-state index >= 15 is 0 Å². The van der Waals surface area contributed by atoms with Gasteiger partial charge in [-0.25, -0.2) is 8.42 Å². The molecule has 0 spiro atoms. The first-order chi connectivity index (χ1) is 7.37. The summed E-state index contributed by atoms with van der Waals surface area (Å²) in [7, 11) is -1.04. The number of nitrogens with zero attached hydrogens (tertiary/aromatic N) is 2. The van der Waals surface area contributed by atoms with Crippen LogP contribution in [-0.2, 0) is 16.4 Å². The van der Waals surface area contributed by atoms with Crippen LogP contribution in [0.1, 0.15) is 5.69 Å². The van der Waals surface area contributed by atoms with E-state index in [1.807, 2.05) is 18.0 Å². The minimum absolute atomic E-state index is 0.165. The first-order valence-corrected chi connectivity index (χ1v) is 6.99. The molecule has 16 heavy (non-hydrogen) atoms. The summed E-state index contributed by atoms with van der Waals surface area (Å²) in [6.07, 6.45) is 2.84. The lowest BCUT2D eigenvalue weighted by Gasteiger charge is -2.15. The standard InChI is InChI=1S/C10H17N3O2S/c1-13(5-6-16(2,14)15)8-10-4-3-9(11)7-12-10/h3-4,7H,5-6,8,11H2,1-2H3. The maximum absolute atomic E-state index is 11.0. The van der Waals surface area contributed by atoms with Crippen molar-refractivity contribution in [1.29, 1.82) is 0 Å². The molecule has 6 heteroatoms. The quantitative estimate of drug-likeness (QED) is 0.796. The molecule has 0 amide bonds. The van der Waals surface area contributed by atoms with Gasteiger partial charge in [0.25, 0.3) is 0 Å². The summed E-state index contributed by atoms with van der Waals surface area (Å²) in [5.41, 5.74) is 7.02. The maximum Gasteiger partial charge on any atom is 0.148 e. The Bertz CT molecular complexity index is 428. The van der Waals surface area contributed by atoms with Crippen molar-refractivity contribution < 1.29 is 8.42 Å². The van der Waals surface area contributed by atoms with E-state index in [-0.39, 0.29) is 5.75 Å². The summed E-state index contributed by atoms with van der Waals surface area (Å²) in [5, 5.41) is 0. The third kappa shape index (κ3) is 5.09. The molecule has 0 atom stereocenters. The van der Waals surface area contributed by atoms with Gasteiger partial charge < -0.3 is 5.73 Å². The lowest BCUT2D eigenvalue weighted by Crippen LogP contribution is -2.25. The van der Waals surface area contributed by atoms with Crippen molar-refractivity contribution in [2.45, 2.75) is 6.54 Å². The van der Waals surface area contributed by atoms with Gasteiger partial charge >= 0.3 is 0 Å². The molecule has 1 aromatic rings. The molecular formula is C10H17N3O2S. The predicted octanol–water partition coefficient (Wildman–Crippen LogP) is 0.140. The Morgan fingerprint density at radius 3 is 2.62 bits per heavy atom. The zero-order valence-corrected chi connectivity index (χ0v) is 10.4. The van der Waals surface area contributed by atoms with Crippen molar-refractivity contribution in [3.63, 3.8) is 0 Å². The van der Waals surface area contributed by atoms with Crippen LogP contribution in [-0.4, -0.2) is 43.9 Å². The van der Waals surface area contributed by atoms with Gasteiger partial charge in [0.1, 0.15) is 9.84 Å². The van der Waals surface area contributed by atoms with Gasteiger partial charge in [-0.3, -0.25) is 9.88 Å².